The third-order valence-corrected chi connectivity index (χ3v) is 4.42. The van der Waals surface area contributed by atoms with Gasteiger partial charge in [-0.15, -0.1) is 12.4 Å². The van der Waals surface area contributed by atoms with Crippen molar-refractivity contribution in [2.24, 2.45) is 0 Å². The van der Waals surface area contributed by atoms with Crippen molar-refractivity contribution in [1.82, 2.24) is 15.5 Å². The number of hydrogen-bond acceptors (Lipinski definition) is 3. The van der Waals surface area contributed by atoms with E-state index in [1.807, 2.05) is 29.2 Å². The summed E-state index contributed by atoms with van der Waals surface area (Å²) in [6.45, 7) is 3.05. The third-order valence-electron chi connectivity index (χ3n) is 4.42. The van der Waals surface area contributed by atoms with Crippen LogP contribution in [0.4, 0.5) is 10.5 Å². The molecule has 0 spiro atoms. The third kappa shape index (κ3) is 4.85. The van der Waals surface area contributed by atoms with E-state index in [2.05, 4.69) is 16.0 Å². The first-order valence-corrected chi connectivity index (χ1v) is 8.38. The van der Waals surface area contributed by atoms with Gasteiger partial charge in [0.05, 0.1) is 6.04 Å². The Morgan fingerprint density at radius 3 is 2.71 bits per heavy atom. The topological polar surface area (TPSA) is 73.5 Å². The summed E-state index contributed by atoms with van der Waals surface area (Å²) < 4.78 is 0. The molecule has 2 heterocycles. The van der Waals surface area contributed by atoms with Gasteiger partial charge in [0.25, 0.3) is 0 Å². The molecule has 0 radical (unpaired) electrons. The van der Waals surface area contributed by atoms with Crippen LogP contribution in [0.5, 0.6) is 0 Å². The molecule has 2 fully saturated rings. The standard InChI is InChI=1S/C17H24N4O2.ClH/c22-16(15-7-4-8-18-15)19-12-13-5-3-6-14(11-13)20-17(23)21-9-1-2-10-21;/h3,5-6,11,15,18H,1-2,4,7-10,12H2,(H,19,22)(H,20,23);1H. The molecule has 1 aromatic rings. The van der Waals surface area contributed by atoms with Gasteiger partial charge in [0.2, 0.25) is 5.91 Å². The summed E-state index contributed by atoms with van der Waals surface area (Å²) in [5, 5.41) is 9.07. The molecule has 2 aliphatic rings. The first-order chi connectivity index (χ1) is 11.2. The Balaban J connectivity index is 0.00000208. The van der Waals surface area contributed by atoms with Crippen LogP contribution in [0.15, 0.2) is 24.3 Å². The minimum atomic E-state index is -0.0620. The average Bonchev–Trinajstić information content (AvgIpc) is 3.25. The van der Waals surface area contributed by atoms with E-state index >= 15 is 0 Å². The summed E-state index contributed by atoms with van der Waals surface area (Å²) in [4.78, 5) is 25.9. The Hall–Kier alpha value is -1.79. The molecule has 2 saturated heterocycles. The van der Waals surface area contributed by atoms with E-state index in [4.69, 9.17) is 0 Å². The summed E-state index contributed by atoms with van der Waals surface area (Å²) >= 11 is 0. The predicted molar refractivity (Wildman–Crippen MR) is 96.4 cm³/mol. The molecule has 0 aliphatic carbocycles. The number of anilines is 1. The number of hydrogen-bond donors (Lipinski definition) is 3. The molecule has 0 bridgehead atoms. The van der Waals surface area contributed by atoms with Gasteiger partial charge in [0, 0.05) is 25.3 Å². The monoisotopic (exact) mass is 352 g/mol. The summed E-state index contributed by atoms with van der Waals surface area (Å²) in [6, 6.07) is 7.53. The summed E-state index contributed by atoms with van der Waals surface area (Å²) in [6.07, 6.45) is 4.11. The van der Waals surface area contributed by atoms with E-state index in [1.165, 1.54) is 0 Å². The Morgan fingerprint density at radius 1 is 1.21 bits per heavy atom. The molecule has 132 valence electrons. The molecule has 7 heteroatoms. The van der Waals surface area contributed by atoms with Crippen LogP contribution in [0.25, 0.3) is 0 Å². The van der Waals surface area contributed by atoms with Gasteiger partial charge in [0.1, 0.15) is 0 Å². The van der Waals surface area contributed by atoms with Crippen LogP contribution in [0.2, 0.25) is 0 Å². The first kappa shape index (κ1) is 18.5. The van der Waals surface area contributed by atoms with Gasteiger partial charge in [-0.3, -0.25) is 4.79 Å². The van der Waals surface area contributed by atoms with E-state index in [1.54, 1.807) is 0 Å². The van der Waals surface area contributed by atoms with Crippen molar-refractivity contribution in [2.45, 2.75) is 38.3 Å². The molecular formula is C17H25ClN4O2. The molecule has 2 aliphatic heterocycles. The molecule has 0 saturated carbocycles. The number of rotatable bonds is 4. The molecule has 1 atom stereocenters. The second kappa shape index (κ2) is 8.89. The average molecular weight is 353 g/mol. The molecule has 3 rings (SSSR count). The lowest BCUT2D eigenvalue weighted by Crippen LogP contribution is -2.40. The van der Waals surface area contributed by atoms with Gasteiger partial charge in [-0.05, 0) is 49.9 Å². The number of amides is 3. The molecule has 1 unspecified atom stereocenters. The zero-order chi connectivity index (χ0) is 16.1. The quantitative estimate of drug-likeness (QED) is 0.777. The van der Waals surface area contributed by atoms with E-state index in [9.17, 15) is 9.59 Å². The van der Waals surface area contributed by atoms with Crippen LogP contribution in [0.1, 0.15) is 31.2 Å². The van der Waals surface area contributed by atoms with Crippen molar-refractivity contribution >= 4 is 30.0 Å². The lowest BCUT2D eigenvalue weighted by molar-refractivity contribution is -0.122. The second-order valence-corrected chi connectivity index (χ2v) is 6.19. The number of halogens is 1. The Kier molecular flexibility index (Phi) is 6.87. The van der Waals surface area contributed by atoms with E-state index in [-0.39, 0.29) is 30.4 Å². The lowest BCUT2D eigenvalue weighted by Gasteiger charge is -2.16. The predicted octanol–water partition coefficient (Wildman–Crippen LogP) is 2.10. The Labute approximate surface area is 148 Å². The molecule has 24 heavy (non-hydrogen) atoms. The molecule has 6 nitrogen and oxygen atoms in total. The summed E-state index contributed by atoms with van der Waals surface area (Å²) in [5.74, 6) is 0.0500. The number of nitrogens with zero attached hydrogens (tertiary/aromatic N) is 1. The van der Waals surface area contributed by atoms with Gasteiger partial charge >= 0.3 is 6.03 Å². The highest BCUT2D eigenvalue weighted by atomic mass is 35.5. The van der Waals surface area contributed by atoms with Crippen molar-refractivity contribution in [3.8, 4) is 0 Å². The van der Waals surface area contributed by atoms with Gasteiger partial charge in [-0.2, -0.15) is 0 Å². The molecule has 0 aromatic heterocycles. The smallest absolute Gasteiger partial charge is 0.321 e. The minimum Gasteiger partial charge on any atom is -0.351 e. The van der Waals surface area contributed by atoms with Crippen LogP contribution >= 0.6 is 12.4 Å². The number of benzene rings is 1. The van der Waals surface area contributed by atoms with Crippen LogP contribution in [-0.2, 0) is 11.3 Å². The second-order valence-electron chi connectivity index (χ2n) is 6.19. The fourth-order valence-electron chi connectivity index (χ4n) is 3.10. The lowest BCUT2D eigenvalue weighted by atomic mass is 10.2. The maximum atomic E-state index is 12.1. The van der Waals surface area contributed by atoms with Gasteiger partial charge in [-0.25, -0.2) is 4.79 Å². The van der Waals surface area contributed by atoms with Crippen LogP contribution < -0.4 is 16.0 Å². The van der Waals surface area contributed by atoms with Crippen molar-refractivity contribution in [3.05, 3.63) is 29.8 Å². The van der Waals surface area contributed by atoms with Crippen molar-refractivity contribution in [2.75, 3.05) is 25.0 Å². The SMILES string of the molecule is Cl.O=C(NCc1cccc(NC(=O)N2CCCC2)c1)C1CCCN1. The van der Waals surface area contributed by atoms with Crippen LogP contribution in [0, 0.1) is 0 Å². The fraction of sp³-hybridized carbons (Fsp3) is 0.529. The number of urea groups is 1. The number of carbonyl (C=O) groups is 2. The maximum Gasteiger partial charge on any atom is 0.321 e. The minimum absolute atomic E-state index is 0. The van der Waals surface area contributed by atoms with Gasteiger partial charge < -0.3 is 20.9 Å². The molecule has 3 amide bonds. The van der Waals surface area contributed by atoms with Gasteiger partial charge in [0.15, 0.2) is 0 Å². The highest BCUT2D eigenvalue weighted by Crippen LogP contribution is 2.14. The van der Waals surface area contributed by atoms with Crippen LogP contribution in [0.3, 0.4) is 0 Å². The largest absolute Gasteiger partial charge is 0.351 e. The van der Waals surface area contributed by atoms with Crippen molar-refractivity contribution < 1.29 is 9.59 Å². The summed E-state index contributed by atoms with van der Waals surface area (Å²) in [5.41, 5.74) is 1.75. The Bertz CT molecular complexity index is 569. The molecule has 3 N–H and O–H groups in total. The number of nitrogens with one attached hydrogen (secondary N) is 3. The van der Waals surface area contributed by atoms with Gasteiger partial charge in [-0.1, -0.05) is 12.1 Å². The maximum absolute atomic E-state index is 12.1. The first-order valence-electron chi connectivity index (χ1n) is 8.38. The van der Waals surface area contributed by atoms with Crippen molar-refractivity contribution in [1.29, 1.82) is 0 Å². The normalized spacial score (nSPS) is 19.7. The van der Waals surface area contributed by atoms with E-state index in [0.29, 0.717) is 6.54 Å². The zero-order valence-corrected chi connectivity index (χ0v) is 14.5. The number of likely N-dealkylation sites (tertiary alicyclic amines) is 1. The number of carbonyl (C=O) groups excluding carboxylic acids is 2. The highest BCUT2D eigenvalue weighted by molar-refractivity contribution is 5.89. The zero-order valence-electron chi connectivity index (χ0n) is 13.7. The van der Waals surface area contributed by atoms with Crippen molar-refractivity contribution in [3.63, 3.8) is 0 Å². The van der Waals surface area contributed by atoms with E-state index < -0.39 is 0 Å². The van der Waals surface area contributed by atoms with Crippen LogP contribution in [-0.4, -0.2) is 42.5 Å². The fourth-order valence-corrected chi connectivity index (χ4v) is 3.10. The van der Waals surface area contributed by atoms with E-state index in [0.717, 1.165) is 56.6 Å². The highest BCUT2D eigenvalue weighted by Gasteiger charge is 2.21. The molecular weight excluding hydrogens is 328 g/mol. The Morgan fingerprint density at radius 2 is 2.00 bits per heavy atom. The molecule has 1 aromatic carbocycles. The summed E-state index contributed by atoms with van der Waals surface area (Å²) in [7, 11) is 0.